The van der Waals surface area contributed by atoms with Gasteiger partial charge in [0, 0.05) is 55.6 Å². The van der Waals surface area contributed by atoms with E-state index in [1.54, 1.807) is 36.7 Å². The van der Waals surface area contributed by atoms with E-state index < -0.39 is 27.2 Å². The summed E-state index contributed by atoms with van der Waals surface area (Å²) in [5.41, 5.74) is 1.36. The Hall–Kier alpha value is -4.48. The molecule has 0 atom stereocenters. The Labute approximate surface area is 235 Å². The van der Waals surface area contributed by atoms with E-state index in [9.17, 15) is 22.0 Å². The van der Waals surface area contributed by atoms with Crippen LogP contribution in [0, 0.1) is 11.6 Å². The van der Waals surface area contributed by atoms with Crippen LogP contribution >= 0.6 is 0 Å². The summed E-state index contributed by atoms with van der Waals surface area (Å²) in [6.07, 6.45) is 4.76. The lowest BCUT2D eigenvalue weighted by Gasteiger charge is -2.36. The van der Waals surface area contributed by atoms with Crippen molar-refractivity contribution in [2.75, 3.05) is 31.1 Å². The van der Waals surface area contributed by atoms with Crippen LogP contribution in [0.1, 0.15) is 5.56 Å². The first-order valence-electron chi connectivity index (χ1n) is 13.0. The zero-order valence-electron chi connectivity index (χ0n) is 21.8. The van der Waals surface area contributed by atoms with E-state index in [-0.39, 0.29) is 30.1 Å². The smallest absolute Gasteiger partial charge is 0.281 e. The molecule has 8 nitrogen and oxygen atoms in total. The average molecular weight is 574 g/mol. The summed E-state index contributed by atoms with van der Waals surface area (Å²) in [6.45, 7) is 1.08. The largest absolute Gasteiger partial charge is 0.367 e. The number of anilines is 1. The third kappa shape index (κ3) is 5.33. The maximum absolute atomic E-state index is 14.1. The topological polar surface area (TPSA) is 88.4 Å². The van der Waals surface area contributed by atoms with Crippen LogP contribution in [0.3, 0.4) is 0 Å². The second-order valence-corrected chi connectivity index (χ2v) is 11.8. The van der Waals surface area contributed by atoms with Gasteiger partial charge in [0.05, 0.1) is 28.9 Å². The van der Waals surface area contributed by atoms with Crippen LogP contribution < -0.4 is 10.5 Å². The minimum absolute atomic E-state index is 0.0506. The van der Waals surface area contributed by atoms with Crippen LogP contribution in [0.4, 0.5) is 14.5 Å². The van der Waals surface area contributed by atoms with Gasteiger partial charge in [0.25, 0.3) is 5.56 Å². The molecule has 208 valence electrons. The Bertz CT molecular complexity index is 1880. The second-order valence-electron chi connectivity index (χ2n) is 9.79. The second kappa shape index (κ2) is 10.8. The van der Waals surface area contributed by atoms with Gasteiger partial charge in [-0.3, -0.25) is 9.78 Å². The maximum Gasteiger partial charge on any atom is 0.281 e. The summed E-state index contributed by atoms with van der Waals surface area (Å²) in [7, 11) is -3.55. The Morgan fingerprint density at radius 1 is 0.805 bits per heavy atom. The molecular weight excluding hydrogens is 548 g/mol. The molecule has 0 saturated carbocycles. The quantitative estimate of drug-likeness (QED) is 0.300. The van der Waals surface area contributed by atoms with Crippen molar-refractivity contribution in [1.82, 2.24) is 19.1 Å². The molecule has 6 rings (SSSR count). The Balaban J connectivity index is 1.40. The van der Waals surface area contributed by atoms with E-state index in [1.807, 2.05) is 35.2 Å². The first-order valence-corrected chi connectivity index (χ1v) is 14.6. The van der Waals surface area contributed by atoms with Crippen LogP contribution in [0.15, 0.2) is 96.2 Å². The summed E-state index contributed by atoms with van der Waals surface area (Å²) in [5, 5.41) is 5.86. The van der Waals surface area contributed by atoms with Crippen molar-refractivity contribution >= 4 is 26.5 Å². The highest BCUT2D eigenvalue weighted by molar-refractivity contribution is 7.88. The van der Waals surface area contributed by atoms with Gasteiger partial charge >= 0.3 is 0 Å². The van der Waals surface area contributed by atoms with Crippen molar-refractivity contribution in [2.24, 2.45) is 0 Å². The molecule has 3 heterocycles. The molecule has 41 heavy (non-hydrogen) atoms. The van der Waals surface area contributed by atoms with Gasteiger partial charge in [0.1, 0.15) is 11.6 Å². The number of sulfonamides is 1. The lowest BCUT2D eigenvalue weighted by Crippen LogP contribution is -2.49. The number of aromatic nitrogens is 3. The zero-order valence-corrected chi connectivity index (χ0v) is 22.6. The molecule has 0 radical (unpaired) electrons. The SMILES string of the molecule is O=c1c(-c2cncc3ccccc23)c(N2CCN(S(=O)(=O)Cc3ccccc3)CC2)cnn1-c1cc(F)cc(F)c1. The molecule has 0 spiro atoms. The molecule has 2 aromatic heterocycles. The first-order chi connectivity index (χ1) is 19.8. The molecule has 1 fully saturated rings. The van der Waals surface area contributed by atoms with Crippen LogP contribution in [0.2, 0.25) is 0 Å². The van der Waals surface area contributed by atoms with E-state index in [1.165, 1.54) is 10.5 Å². The van der Waals surface area contributed by atoms with E-state index in [4.69, 9.17) is 0 Å². The van der Waals surface area contributed by atoms with E-state index in [0.29, 0.717) is 29.9 Å². The number of hydrogen-bond acceptors (Lipinski definition) is 6. The summed E-state index contributed by atoms with van der Waals surface area (Å²) in [6, 6.07) is 19.3. The van der Waals surface area contributed by atoms with Gasteiger partial charge in [-0.25, -0.2) is 17.2 Å². The monoisotopic (exact) mass is 573 g/mol. The van der Waals surface area contributed by atoms with Crippen molar-refractivity contribution in [2.45, 2.75) is 5.75 Å². The minimum Gasteiger partial charge on any atom is -0.367 e. The van der Waals surface area contributed by atoms with Crippen LogP contribution in [0.25, 0.3) is 27.6 Å². The van der Waals surface area contributed by atoms with E-state index in [2.05, 4.69) is 10.1 Å². The Kier molecular flexibility index (Phi) is 7.06. The number of fused-ring (bicyclic) bond motifs is 1. The number of halogens is 2. The number of nitrogens with zero attached hydrogens (tertiary/aromatic N) is 5. The van der Waals surface area contributed by atoms with Gasteiger partial charge in [-0.2, -0.15) is 14.1 Å². The summed E-state index contributed by atoms with van der Waals surface area (Å²) in [4.78, 5) is 20.3. The number of hydrogen-bond donors (Lipinski definition) is 0. The molecular formula is C30H25F2N5O3S. The van der Waals surface area contributed by atoms with Crippen molar-refractivity contribution in [3.63, 3.8) is 0 Å². The van der Waals surface area contributed by atoms with Crippen LogP contribution in [-0.4, -0.2) is 53.7 Å². The fourth-order valence-corrected chi connectivity index (χ4v) is 6.70. The van der Waals surface area contributed by atoms with E-state index >= 15 is 0 Å². The number of benzene rings is 3. The van der Waals surface area contributed by atoms with Gasteiger partial charge < -0.3 is 4.90 Å². The summed E-state index contributed by atoms with van der Waals surface area (Å²) < 4.78 is 56.8. The molecule has 0 N–H and O–H groups in total. The zero-order chi connectivity index (χ0) is 28.6. The van der Waals surface area contributed by atoms with E-state index in [0.717, 1.165) is 33.7 Å². The molecule has 0 aliphatic carbocycles. The van der Waals surface area contributed by atoms with Crippen molar-refractivity contribution < 1.29 is 17.2 Å². The lowest BCUT2D eigenvalue weighted by molar-refractivity contribution is 0.384. The molecule has 0 bridgehead atoms. The highest BCUT2D eigenvalue weighted by Crippen LogP contribution is 2.33. The predicted octanol–water partition coefficient (Wildman–Crippen LogP) is 4.38. The molecule has 0 unspecified atom stereocenters. The minimum atomic E-state index is -3.55. The Morgan fingerprint density at radius 2 is 1.49 bits per heavy atom. The van der Waals surface area contributed by atoms with Crippen molar-refractivity contribution in [3.8, 4) is 16.8 Å². The lowest BCUT2D eigenvalue weighted by atomic mass is 10.0. The highest BCUT2D eigenvalue weighted by Gasteiger charge is 2.30. The molecule has 1 aliphatic rings. The molecule has 0 amide bonds. The summed E-state index contributed by atoms with van der Waals surface area (Å²) >= 11 is 0. The Morgan fingerprint density at radius 3 is 2.22 bits per heavy atom. The van der Waals surface area contributed by atoms with Gasteiger partial charge in [0.2, 0.25) is 10.0 Å². The maximum atomic E-state index is 14.1. The normalized spacial score (nSPS) is 14.4. The molecule has 5 aromatic rings. The van der Waals surface area contributed by atoms with Crippen molar-refractivity contribution in [3.05, 3.63) is 119 Å². The van der Waals surface area contributed by atoms with Gasteiger partial charge in [-0.1, -0.05) is 54.6 Å². The van der Waals surface area contributed by atoms with Gasteiger partial charge in [0.15, 0.2) is 0 Å². The first kappa shape index (κ1) is 26.7. The van der Waals surface area contributed by atoms with Gasteiger partial charge in [-0.05, 0) is 23.1 Å². The fraction of sp³-hybridized carbons (Fsp3) is 0.167. The molecule has 3 aromatic carbocycles. The van der Waals surface area contributed by atoms with Crippen LogP contribution in [-0.2, 0) is 15.8 Å². The predicted molar refractivity (Wildman–Crippen MR) is 153 cm³/mol. The fourth-order valence-electron chi connectivity index (χ4n) is 5.18. The standard InChI is InChI=1S/C30H25F2N5O3S/c31-23-14-24(32)16-25(15-23)37-30(38)29(27-18-33-17-22-8-4-5-9-26(22)27)28(19-34-37)35-10-12-36(13-11-35)41(39,40)20-21-6-2-1-3-7-21/h1-9,14-19H,10-13,20H2. The van der Waals surface area contributed by atoms with Crippen LogP contribution in [0.5, 0.6) is 0 Å². The molecule has 1 aliphatic heterocycles. The molecule has 11 heteroatoms. The number of piperazine rings is 1. The third-order valence-corrected chi connectivity index (χ3v) is 9.00. The number of rotatable bonds is 6. The van der Waals surface area contributed by atoms with Gasteiger partial charge in [-0.15, -0.1) is 0 Å². The molecule has 1 saturated heterocycles. The summed E-state index contributed by atoms with van der Waals surface area (Å²) in [5.74, 6) is -1.76. The highest BCUT2D eigenvalue weighted by atomic mass is 32.2. The van der Waals surface area contributed by atoms with Crippen molar-refractivity contribution in [1.29, 1.82) is 0 Å². The number of pyridine rings is 1. The average Bonchev–Trinajstić information content (AvgIpc) is 2.97. The third-order valence-electron chi connectivity index (χ3n) is 7.15.